The predicted molar refractivity (Wildman–Crippen MR) is 78.3 cm³/mol. The molecule has 8 heteroatoms. The SMILES string of the molecule is N#Cc1cc(Br)ccc1NS(=O)(=O)c1ncccc1N. The molecule has 0 saturated carbocycles. The fraction of sp³-hybridized carbons (Fsp3) is 0. The molecule has 0 saturated heterocycles. The van der Waals surface area contributed by atoms with E-state index in [1.165, 1.54) is 30.5 Å². The molecule has 102 valence electrons. The van der Waals surface area contributed by atoms with Crippen LogP contribution in [0, 0.1) is 11.3 Å². The quantitative estimate of drug-likeness (QED) is 0.878. The first kappa shape index (κ1) is 14.3. The van der Waals surface area contributed by atoms with Crippen LogP contribution >= 0.6 is 15.9 Å². The summed E-state index contributed by atoms with van der Waals surface area (Å²) in [5.74, 6) is 0. The molecule has 0 aliphatic rings. The Labute approximate surface area is 124 Å². The third kappa shape index (κ3) is 2.89. The topological polar surface area (TPSA) is 109 Å². The number of halogens is 1. The Kier molecular flexibility index (Phi) is 3.92. The molecule has 6 nitrogen and oxygen atoms in total. The van der Waals surface area contributed by atoms with Gasteiger partial charge in [0.2, 0.25) is 0 Å². The summed E-state index contributed by atoms with van der Waals surface area (Å²) in [5.41, 5.74) is 6.00. The molecule has 2 aromatic rings. The summed E-state index contributed by atoms with van der Waals surface area (Å²) in [6.07, 6.45) is 1.33. The minimum Gasteiger partial charge on any atom is -0.396 e. The van der Waals surface area contributed by atoms with Crippen LogP contribution in [0.3, 0.4) is 0 Å². The molecule has 0 unspecified atom stereocenters. The van der Waals surface area contributed by atoms with E-state index in [1.54, 1.807) is 6.07 Å². The first-order valence-electron chi connectivity index (χ1n) is 5.37. The highest BCUT2D eigenvalue weighted by molar-refractivity contribution is 9.10. The van der Waals surface area contributed by atoms with Crippen LogP contribution in [0.1, 0.15) is 5.56 Å². The van der Waals surface area contributed by atoms with E-state index in [-0.39, 0.29) is 22.0 Å². The first-order chi connectivity index (χ1) is 9.44. The van der Waals surface area contributed by atoms with Crippen molar-refractivity contribution in [2.24, 2.45) is 0 Å². The van der Waals surface area contributed by atoms with Crippen LogP contribution in [-0.4, -0.2) is 13.4 Å². The van der Waals surface area contributed by atoms with Gasteiger partial charge in [-0.05, 0) is 30.3 Å². The molecule has 1 aromatic heterocycles. The van der Waals surface area contributed by atoms with Gasteiger partial charge in [-0.2, -0.15) is 13.7 Å². The molecule has 0 aliphatic heterocycles. The summed E-state index contributed by atoms with van der Waals surface area (Å²) < 4.78 is 27.4. The number of nitrogens with zero attached hydrogens (tertiary/aromatic N) is 2. The monoisotopic (exact) mass is 352 g/mol. The van der Waals surface area contributed by atoms with Crippen molar-refractivity contribution in [3.63, 3.8) is 0 Å². The number of nitrogen functional groups attached to an aromatic ring is 1. The van der Waals surface area contributed by atoms with E-state index in [4.69, 9.17) is 11.0 Å². The number of pyridine rings is 1. The molecule has 20 heavy (non-hydrogen) atoms. The van der Waals surface area contributed by atoms with E-state index in [0.29, 0.717) is 4.47 Å². The average molecular weight is 353 g/mol. The maximum Gasteiger partial charge on any atom is 0.281 e. The van der Waals surface area contributed by atoms with Crippen molar-refractivity contribution in [1.29, 1.82) is 5.26 Å². The van der Waals surface area contributed by atoms with Crippen LogP contribution < -0.4 is 10.5 Å². The Hall–Kier alpha value is -2.11. The summed E-state index contributed by atoms with van der Waals surface area (Å²) in [5, 5.41) is 8.75. The predicted octanol–water partition coefficient (Wildman–Crippen LogP) is 2.10. The number of sulfonamides is 1. The largest absolute Gasteiger partial charge is 0.396 e. The molecule has 2 rings (SSSR count). The summed E-state index contributed by atoms with van der Waals surface area (Å²) in [6.45, 7) is 0. The lowest BCUT2D eigenvalue weighted by Crippen LogP contribution is -2.17. The molecule has 0 bridgehead atoms. The van der Waals surface area contributed by atoms with Crippen molar-refractivity contribution in [3.8, 4) is 6.07 Å². The molecule has 0 radical (unpaired) electrons. The second kappa shape index (κ2) is 5.48. The van der Waals surface area contributed by atoms with Crippen LogP contribution in [-0.2, 0) is 10.0 Å². The Morgan fingerprint density at radius 1 is 1.35 bits per heavy atom. The summed E-state index contributed by atoms with van der Waals surface area (Å²) in [6, 6.07) is 9.52. The second-order valence-electron chi connectivity index (χ2n) is 3.80. The third-order valence-corrected chi connectivity index (χ3v) is 4.23. The van der Waals surface area contributed by atoms with Gasteiger partial charge in [0.25, 0.3) is 10.0 Å². The summed E-state index contributed by atoms with van der Waals surface area (Å²) in [4.78, 5) is 3.75. The van der Waals surface area contributed by atoms with E-state index in [2.05, 4.69) is 25.6 Å². The molecule has 1 aromatic carbocycles. The van der Waals surface area contributed by atoms with Gasteiger partial charge in [-0.1, -0.05) is 15.9 Å². The minimum atomic E-state index is -3.94. The lowest BCUT2D eigenvalue weighted by atomic mass is 10.2. The third-order valence-electron chi connectivity index (χ3n) is 2.40. The zero-order valence-corrected chi connectivity index (χ0v) is 12.4. The number of benzene rings is 1. The van der Waals surface area contributed by atoms with Crippen LogP contribution in [0.15, 0.2) is 46.0 Å². The van der Waals surface area contributed by atoms with Crippen molar-refractivity contribution in [2.45, 2.75) is 5.03 Å². The molecule has 0 amide bonds. The zero-order chi connectivity index (χ0) is 14.8. The minimum absolute atomic E-state index is 0.0376. The van der Waals surface area contributed by atoms with Gasteiger partial charge in [0, 0.05) is 10.7 Å². The van der Waals surface area contributed by atoms with E-state index in [1.807, 2.05) is 6.07 Å². The van der Waals surface area contributed by atoms with Gasteiger partial charge in [-0.15, -0.1) is 0 Å². The molecular weight excluding hydrogens is 344 g/mol. The van der Waals surface area contributed by atoms with Gasteiger partial charge in [0.15, 0.2) is 5.03 Å². The molecular formula is C12H9BrN4O2S. The van der Waals surface area contributed by atoms with Gasteiger partial charge in [0.05, 0.1) is 16.9 Å². The second-order valence-corrected chi connectivity index (χ2v) is 6.32. The first-order valence-corrected chi connectivity index (χ1v) is 7.64. The number of rotatable bonds is 3. The number of anilines is 2. The smallest absolute Gasteiger partial charge is 0.281 e. The molecule has 3 N–H and O–H groups in total. The Morgan fingerprint density at radius 3 is 2.75 bits per heavy atom. The van der Waals surface area contributed by atoms with Gasteiger partial charge in [-0.3, -0.25) is 4.72 Å². The summed E-state index contributed by atoms with van der Waals surface area (Å²) >= 11 is 3.21. The lowest BCUT2D eigenvalue weighted by molar-refractivity contribution is 0.598. The van der Waals surface area contributed by atoms with Crippen LogP contribution in [0.2, 0.25) is 0 Å². The van der Waals surface area contributed by atoms with Crippen LogP contribution in [0.5, 0.6) is 0 Å². The van der Waals surface area contributed by atoms with E-state index in [9.17, 15) is 8.42 Å². The van der Waals surface area contributed by atoms with E-state index in [0.717, 1.165) is 0 Å². The number of nitriles is 1. The van der Waals surface area contributed by atoms with Crippen molar-refractivity contribution in [3.05, 3.63) is 46.6 Å². The van der Waals surface area contributed by atoms with Gasteiger partial charge >= 0.3 is 0 Å². The van der Waals surface area contributed by atoms with Gasteiger partial charge < -0.3 is 5.73 Å². The average Bonchev–Trinajstić information content (AvgIpc) is 2.41. The Balaban J connectivity index is 2.45. The zero-order valence-electron chi connectivity index (χ0n) is 10.0. The fourth-order valence-electron chi connectivity index (χ4n) is 1.52. The maximum atomic E-state index is 12.2. The van der Waals surface area contributed by atoms with Crippen molar-refractivity contribution < 1.29 is 8.42 Å². The van der Waals surface area contributed by atoms with Crippen molar-refractivity contribution >= 4 is 37.3 Å². The highest BCUT2D eigenvalue weighted by Crippen LogP contribution is 2.24. The Bertz CT molecular complexity index is 799. The standard InChI is InChI=1S/C12H9BrN4O2S/c13-9-3-4-11(8(6-9)7-14)17-20(18,19)12-10(15)2-1-5-16-12/h1-6,17H,15H2. The number of hydrogen-bond donors (Lipinski definition) is 2. The van der Waals surface area contributed by atoms with Crippen molar-refractivity contribution in [1.82, 2.24) is 4.98 Å². The van der Waals surface area contributed by atoms with Gasteiger partial charge in [0.1, 0.15) is 6.07 Å². The lowest BCUT2D eigenvalue weighted by Gasteiger charge is -2.10. The molecule has 0 atom stereocenters. The fourth-order valence-corrected chi connectivity index (χ4v) is 3.02. The summed E-state index contributed by atoms with van der Waals surface area (Å²) in [7, 11) is -3.94. The molecule has 1 heterocycles. The molecule has 0 aliphatic carbocycles. The van der Waals surface area contributed by atoms with Crippen molar-refractivity contribution in [2.75, 3.05) is 10.5 Å². The van der Waals surface area contributed by atoms with E-state index < -0.39 is 10.0 Å². The molecule has 0 spiro atoms. The number of nitrogens with two attached hydrogens (primary N) is 1. The maximum absolute atomic E-state index is 12.2. The van der Waals surface area contributed by atoms with Crippen LogP contribution in [0.4, 0.5) is 11.4 Å². The number of hydrogen-bond acceptors (Lipinski definition) is 5. The van der Waals surface area contributed by atoms with E-state index >= 15 is 0 Å². The highest BCUT2D eigenvalue weighted by Gasteiger charge is 2.20. The number of nitrogens with one attached hydrogen (secondary N) is 1. The normalized spacial score (nSPS) is 10.8. The molecule has 0 fully saturated rings. The van der Waals surface area contributed by atoms with Crippen LogP contribution in [0.25, 0.3) is 0 Å². The Morgan fingerprint density at radius 2 is 2.10 bits per heavy atom. The number of aromatic nitrogens is 1. The van der Waals surface area contributed by atoms with Gasteiger partial charge in [-0.25, -0.2) is 4.98 Å². The highest BCUT2D eigenvalue weighted by atomic mass is 79.9.